The lowest BCUT2D eigenvalue weighted by molar-refractivity contribution is 0.215. The normalized spacial score (nSPS) is 12.5. The molecule has 0 heterocycles. The van der Waals surface area contributed by atoms with Crippen LogP contribution in [0.1, 0.15) is 28.4 Å². The van der Waals surface area contributed by atoms with Crippen LogP contribution in [0.5, 0.6) is 0 Å². The molecule has 0 fully saturated rings. The van der Waals surface area contributed by atoms with Crippen LogP contribution in [0.25, 0.3) is 0 Å². The Kier molecular flexibility index (Phi) is 3.92. The molecule has 0 aromatic heterocycles. The van der Waals surface area contributed by atoms with Crippen molar-refractivity contribution in [1.29, 1.82) is 0 Å². The van der Waals surface area contributed by atoms with Gasteiger partial charge in [0.1, 0.15) is 11.9 Å². The summed E-state index contributed by atoms with van der Waals surface area (Å²) in [6.45, 7) is 3.60. The minimum absolute atomic E-state index is 0.274. The van der Waals surface area contributed by atoms with Crippen molar-refractivity contribution < 1.29 is 9.50 Å². The third kappa shape index (κ3) is 2.80. The van der Waals surface area contributed by atoms with Gasteiger partial charge < -0.3 is 10.8 Å². The number of benzene rings is 2. The summed E-state index contributed by atoms with van der Waals surface area (Å²) in [6.07, 6.45) is -1.07. The topological polar surface area (TPSA) is 46.2 Å². The third-order valence-corrected chi connectivity index (χ3v) is 3.59. The molecule has 0 aliphatic carbocycles. The van der Waals surface area contributed by atoms with Crippen molar-refractivity contribution in [1.82, 2.24) is 0 Å². The van der Waals surface area contributed by atoms with Crippen molar-refractivity contribution in [3.8, 4) is 0 Å². The van der Waals surface area contributed by atoms with Crippen LogP contribution in [0.2, 0.25) is 0 Å². The SMILES string of the molecule is Cc1cc(C)c(C(O)c2cc(Br)ccc2N)c(F)c1. The summed E-state index contributed by atoms with van der Waals surface area (Å²) >= 11 is 3.33. The second kappa shape index (κ2) is 5.31. The third-order valence-electron chi connectivity index (χ3n) is 3.10. The number of halogens is 2. The zero-order valence-corrected chi connectivity index (χ0v) is 12.3. The van der Waals surface area contributed by atoms with E-state index in [-0.39, 0.29) is 5.56 Å². The first kappa shape index (κ1) is 14.0. The number of hydrogen-bond acceptors (Lipinski definition) is 2. The van der Waals surface area contributed by atoms with Gasteiger partial charge in [-0.05, 0) is 49.2 Å². The van der Waals surface area contributed by atoms with Crippen molar-refractivity contribution >= 4 is 21.6 Å². The molecular weight excluding hydrogens is 309 g/mol. The first-order chi connectivity index (χ1) is 8.90. The standard InChI is InChI=1S/C15H15BrFNO/c1-8-5-9(2)14(12(17)6-8)15(19)11-7-10(16)3-4-13(11)18/h3-7,15,19H,18H2,1-2H3. The molecule has 0 aliphatic rings. The van der Waals surface area contributed by atoms with Gasteiger partial charge in [0, 0.05) is 21.3 Å². The van der Waals surface area contributed by atoms with Crippen LogP contribution >= 0.6 is 15.9 Å². The molecule has 1 unspecified atom stereocenters. The molecular formula is C15H15BrFNO. The van der Waals surface area contributed by atoms with E-state index < -0.39 is 11.9 Å². The Hall–Kier alpha value is -1.39. The van der Waals surface area contributed by atoms with Crippen molar-refractivity contribution in [3.05, 3.63) is 62.9 Å². The van der Waals surface area contributed by atoms with Gasteiger partial charge in [-0.1, -0.05) is 22.0 Å². The molecule has 4 heteroatoms. The van der Waals surface area contributed by atoms with E-state index in [1.54, 1.807) is 25.1 Å². The quantitative estimate of drug-likeness (QED) is 0.824. The Morgan fingerprint density at radius 2 is 1.89 bits per heavy atom. The van der Waals surface area contributed by atoms with Crippen LogP contribution in [-0.4, -0.2) is 5.11 Å². The fraction of sp³-hybridized carbons (Fsp3) is 0.200. The molecule has 0 amide bonds. The highest BCUT2D eigenvalue weighted by Crippen LogP contribution is 2.32. The molecule has 1 atom stereocenters. The van der Waals surface area contributed by atoms with Gasteiger partial charge in [-0.2, -0.15) is 0 Å². The summed E-state index contributed by atoms with van der Waals surface area (Å²) in [5.74, 6) is -0.413. The second-order valence-electron chi connectivity index (χ2n) is 4.65. The van der Waals surface area contributed by atoms with Gasteiger partial charge in [0.2, 0.25) is 0 Å². The van der Waals surface area contributed by atoms with E-state index in [9.17, 15) is 9.50 Å². The maximum atomic E-state index is 14.1. The smallest absolute Gasteiger partial charge is 0.129 e. The molecule has 2 aromatic rings. The predicted octanol–water partition coefficient (Wildman–Crippen LogP) is 3.87. The van der Waals surface area contributed by atoms with Crippen LogP contribution in [0, 0.1) is 19.7 Å². The lowest BCUT2D eigenvalue weighted by Crippen LogP contribution is -2.08. The van der Waals surface area contributed by atoms with Gasteiger partial charge in [-0.15, -0.1) is 0 Å². The largest absolute Gasteiger partial charge is 0.398 e. The highest BCUT2D eigenvalue weighted by atomic mass is 79.9. The predicted molar refractivity (Wildman–Crippen MR) is 78.5 cm³/mol. The fourth-order valence-corrected chi connectivity index (χ4v) is 2.59. The molecule has 0 bridgehead atoms. The van der Waals surface area contributed by atoms with Crippen molar-refractivity contribution in [2.75, 3.05) is 5.73 Å². The number of aryl methyl sites for hydroxylation is 2. The summed E-state index contributed by atoms with van der Waals surface area (Å²) in [4.78, 5) is 0. The average molecular weight is 324 g/mol. The highest BCUT2D eigenvalue weighted by molar-refractivity contribution is 9.10. The monoisotopic (exact) mass is 323 g/mol. The molecule has 0 saturated heterocycles. The van der Waals surface area contributed by atoms with Gasteiger partial charge >= 0.3 is 0 Å². The molecule has 100 valence electrons. The number of nitrogens with two attached hydrogens (primary N) is 1. The number of nitrogen functional groups attached to an aromatic ring is 1. The number of aliphatic hydroxyl groups excluding tert-OH is 1. The lowest BCUT2D eigenvalue weighted by atomic mass is 9.94. The van der Waals surface area contributed by atoms with Crippen LogP contribution in [0.15, 0.2) is 34.8 Å². The number of aliphatic hydroxyl groups is 1. The maximum absolute atomic E-state index is 14.1. The van der Waals surface area contributed by atoms with Crippen molar-refractivity contribution in [3.63, 3.8) is 0 Å². The van der Waals surface area contributed by atoms with Crippen LogP contribution < -0.4 is 5.73 Å². The van der Waals surface area contributed by atoms with E-state index in [1.807, 2.05) is 13.0 Å². The Labute approximate surface area is 120 Å². The summed E-state index contributed by atoms with van der Waals surface area (Å²) in [7, 11) is 0. The Morgan fingerprint density at radius 1 is 1.21 bits per heavy atom. The Bertz CT molecular complexity index is 605. The molecule has 2 nitrogen and oxygen atoms in total. The van der Waals surface area contributed by atoms with Crippen molar-refractivity contribution in [2.45, 2.75) is 20.0 Å². The zero-order chi connectivity index (χ0) is 14.2. The Balaban J connectivity index is 2.56. The molecule has 2 aromatic carbocycles. The van der Waals surface area contributed by atoms with Crippen LogP contribution in [0.4, 0.5) is 10.1 Å². The van der Waals surface area contributed by atoms with Crippen LogP contribution in [0.3, 0.4) is 0 Å². The fourth-order valence-electron chi connectivity index (χ4n) is 2.21. The first-order valence-corrected chi connectivity index (χ1v) is 6.69. The molecule has 19 heavy (non-hydrogen) atoms. The van der Waals surface area contributed by atoms with Gasteiger partial charge in [0.05, 0.1) is 0 Å². The van der Waals surface area contributed by atoms with Gasteiger partial charge in [0.15, 0.2) is 0 Å². The molecule has 0 spiro atoms. The maximum Gasteiger partial charge on any atom is 0.129 e. The number of rotatable bonds is 2. The molecule has 3 N–H and O–H groups in total. The molecule has 0 saturated carbocycles. The average Bonchev–Trinajstić information content (AvgIpc) is 2.30. The van der Waals surface area contributed by atoms with Gasteiger partial charge in [-0.3, -0.25) is 0 Å². The van der Waals surface area contributed by atoms with E-state index >= 15 is 0 Å². The number of anilines is 1. The second-order valence-corrected chi connectivity index (χ2v) is 5.57. The summed E-state index contributed by atoms with van der Waals surface area (Å²) < 4.78 is 14.9. The molecule has 2 rings (SSSR count). The lowest BCUT2D eigenvalue weighted by Gasteiger charge is -2.18. The van der Waals surface area contributed by atoms with E-state index in [0.717, 1.165) is 10.0 Å². The minimum Gasteiger partial charge on any atom is -0.398 e. The minimum atomic E-state index is -1.07. The van der Waals surface area contributed by atoms with E-state index in [2.05, 4.69) is 15.9 Å². The van der Waals surface area contributed by atoms with E-state index in [1.165, 1.54) is 6.07 Å². The Morgan fingerprint density at radius 3 is 2.53 bits per heavy atom. The molecule has 0 radical (unpaired) electrons. The van der Waals surface area contributed by atoms with Crippen LogP contribution in [-0.2, 0) is 0 Å². The first-order valence-electron chi connectivity index (χ1n) is 5.89. The zero-order valence-electron chi connectivity index (χ0n) is 10.7. The van der Waals surface area contributed by atoms with E-state index in [0.29, 0.717) is 16.8 Å². The van der Waals surface area contributed by atoms with Crippen molar-refractivity contribution in [2.24, 2.45) is 0 Å². The summed E-state index contributed by atoms with van der Waals surface area (Å²) in [5.41, 5.74) is 8.61. The highest BCUT2D eigenvalue weighted by Gasteiger charge is 2.20. The molecule has 0 aliphatic heterocycles. The number of hydrogen-bond donors (Lipinski definition) is 2. The summed E-state index contributed by atoms with van der Waals surface area (Å²) in [6, 6.07) is 8.43. The van der Waals surface area contributed by atoms with E-state index in [4.69, 9.17) is 5.73 Å². The summed E-state index contributed by atoms with van der Waals surface area (Å²) in [5, 5.41) is 10.4. The van der Waals surface area contributed by atoms with Gasteiger partial charge in [-0.25, -0.2) is 4.39 Å². The van der Waals surface area contributed by atoms with Gasteiger partial charge in [0.25, 0.3) is 0 Å².